The van der Waals surface area contributed by atoms with E-state index in [4.69, 9.17) is 4.42 Å². The van der Waals surface area contributed by atoms with E-state index in [1.807, 2.05) is 42.6 Å². The van der Waals surface area contributed by atoms with E-state index >= 15 is 0 Å². The SMILES string of the molecule is CCn1c(SCc2nnc(-c3ccccc3Br)o2)nc2ccsc2c1=O. The maximum Gasteiger partial charge on any atom is 0.272 e. The average Bonchev–Trinajstić information content (AvgIpc) is 3.30. The fourth-order valence-electron chi connectivity index (χ4n) is 2.49. The number of rotatable bonds is 5. The van der Waals surface area contributed by atoms with Crippen LogP contribution in [0.5, 0.6) is 0 Å². The Balaban J connectivity index is 1.59. The molecule has 9 heteroatoms. The van der Waals surface area contributed by atoms with Crippen molar-refractivity contribution in [2.24, 2.45) is 0 Å². The molecule has 0 amide bonds. The minimum Gasteiger partial charge on any atom is -0.420 e. The van der Waals surface area contributed by atoms with Gasteiger partial charge in [0.05, 0.1) is 16.8 Å². The molecule has 4 rings (SSSR count). The van der Waals surface area contributed by atoms with Gasteiger partial charge in [-0.15, -0.1) is 21.5 Å². The summed E-state index contributed by atoms with van der Waals surface area (Å²) in [6.07, 6.45) is 0. The van der Waals surface area contributed by atoms with Gasteiger partial charge in [-0.1, -0.05) is 23.9 Å². The highest BCUT2D eigenvalue weighted by atomic mass is 79.9. The summed E-state index contributed by atoms with van der Waals surface area (Å²) in [4.78, 5) is 17.1. The first kappa shape index (κ1) is 17.4. The van der Waals surface area contributed by atoms with Gasteiger partial charge in [0.15, 0.2) is 5.16 Å². The number of hydrogen-bond donors (Lipinski definition) is 0. The summed E-state index contributed by atoms with van der Waals surface area (Å²) in [5.41, 5.74) is 1.57. The van der Waals surface area contributed by atoms with Crippen LogP contribution >= 0.6 is 39.0 Å². The number of thioether (sulfide) groups is 1. The highest BCUT2D eigenvalue weighted by molar-refractivity contribution is 9.10. The predicted molar refractivity (Wildman–Crippen MR) is 107 cm³/mol. The minimum atomic E-state index is -0.00515. The van der Waals surface area contributed by atoms with Crippen LogP contribution in [-0.4, -0.2) is 19.7 Å². The van der Waals surface area contributed by atoms with E-state index in [9.17, 15) is 4.79 Å². The lowest BCUT2D eigenvalue weighted by molar-refractivity contribution is 0.527. The zero-order valence-corrected chi connectivity index (χ0v) is 16.9. The van der Waals surface area contributed by atoms with E-state index < -0.39 is 0 Å². The summed E-state index contributed by atoms with van der Waals surface area (Å²) in [7, 11) is 0. The van der Waals surface area contributed by atoms with E-state index in [0.717, 1.165) is 15.6 Å². The van der Waals surface area contributed by atoms with Crippen LogP contribution in [0, 0.1) is 0 Å². The summed E-state index contributed by atoms with van der Waals surface area (Å²) in [6, 6.07) is 9.54. The third-order valence-corrected chi connectivity index (χ3v) is 6.29. The number of hydrogen-bond acceptors (Lipinski definition) is 7. The second-order valence-corrected chi connectivity index (χ2v) is 8.06. The normalized spacial score (nSPS) is 11.3. The van der Waals surface area contributed by atoms with E-state index in [2.05, 4.69) is 31.1 Å². The van der Waals surface area contributed by atoms with Crippen LogP contribution < -0.4 is 5.56 Å². The second kappa shape index (κ2) is 7.34. The highest BCUT2D eigenvalue weighted by Crippen LogP contribution is 2.28. The summed E-state index contributed by atoms with van der Waals surface area (Å²) < 4.78 is 9.02. The van der Waals surface area contributed by atoms with E-state index in [0.29, 0.717) is 33.9 Å². The van der Waals surface area contributed by atoms with Crippen molar-refractivity contribution in [1.82, 2.24) is 19.7 Å². The summed E-state index contributed by atoms with van der Waals surface area (Å²) in [6.45, 7) is 2.50. The van der Waals surface area contributed by atoms with Gasteiger partial charge in [-0.05, 0) is 46.4 Å². The maximum absolute atomic E-state index is 12.5. The number of aromatic nitrogens is 4. The van der Waals surface area contributed by atoms with Crippen molar-refractivity contribution >= 4 is 49.2 Å². The highest BCUT2D eigenvalue weighted by Gasteiger charge is 2.15. The molecule has 0 aliphatic rings. The van der Waals surface area contributed by atoms with Gasteiger partial charge in [0.1, 0.15) is 4.70 Å². The summed E-state index contributed by atoms with van der Waals surface area (Å²) >= 11 is 6.32. The van der Waals surface area contributed by atoms with Crippen molar-refractivity contribution in [1.29, 1.82) is 0 Å². The molecule has 0 aliphatic carbocycles. The van der Waals surface area contributed by atoms with Crippen molar-refractivity contribution in [3.8, 4) is 11.5 Å². The smallest absolute Gasteiger partial charge is 0.272 e. The largest absolute Gasteiger partial charge is 0.420 e. The number of benzene rings is 1. The van der Waals surface area contributed by atoms with Gasteiger partial charge in [-0.25, -0.2) is 4.98 Å². The molecule has 0 unspecified atom stereocenters. The molecule has 0 spiro atoms. The molecule has 6 nitrogen and oxygen atoms in total. The molecule has 0 saturated heterocycles. The lowest BCUT2D eigenvalue weighted by Crippen LogP contribution is -2.21. The number of halogens is 1. The van der Waals surface area contributed by atoms with Crippen molar-refractivity contribution < 1.29 is 4.42 Å². The molecule has 0 fully saturated rings. The van der Waals surface area contributed by atoms with Crippen LogP contribution in [0.3, 0.4) is 0 Å². The third kappa shape index (κ3) is 3.22. The molecule has 0 bridgehead atoms. The van der Waals surface area contributed by atoms with Gasteiger partial charge in [0, 0.05) is 11.0 Å². The van der Waals surface area contributed by atoms with E-state index in [1.54, 1.807) is 4.57 Å². The summed E-state index contributed by atoms with van der Waals surface area (Å²) in [5, 5.41) is 10.8. The Hall–Kier alpha value is -1.97. The van der Waals surface area contributed by atoms with Crippen LogP contribution in [0.25, 0.3) is 21.7 Å². The number of fused-ring (bicyclic) bond motifs is 1. The molecular formula is C17H13BrN4O2S2. The van der Waals surface area contributed by atoms with Crippen LogP contribution in [0.2, 0.25) is 0 Å². The molecule has 1 aromatic carbocycles. The standard InChI is InChI=1S/C17H13BrN4O2S2/c1-2-22-16(23)14-12(7-8-25-14)19-17(22)26-9-13-20-21-15(24-13)10-5-3-4-6-11(10)18/h3-8H,2,9H2,1H3. The molecule has 0 N–H and O–H groups in total. The molecule has 0 aliphatic heterocycles. The Morgan fingerprint density at radius 1 is 1.27 bits per heavy atom. The Kier molecular flexibility index (Phi) is 4.92. The molecule has 0 radical (unpaired) electrons. The monoisotopic (exact) mass is 448 g/mol. The second-order valence-electron chi connectivity index (χ2n) is 5.35. The number of thiophene rings is 1. The van der Waals surface area contributed by atoms with Gasteiger partial charge in [-0.2, -0.15) is 0 Å². The van der Waals surface area contributed by atoms with Crippen LogP contribution in [0.4, 0.5) is 0 Å². The molecule has 0 atom stereocenters. The molecule has 4 aromatic rings. The maximum atomic E-state index is 12.5. The van der Waals surface area contributed by atoms with Crippen molar-refractivity contribution in [2.45, 2.75) is 24.4 Å². The van der Waals surface area contributed by atoms with Crippen molar-refractivity contribution in [3.05, 3.63) is 56.4 Å². The lowest BCUT2D eigenvalue weighted by Gasteiger charge is -2.08. The van der Waals surface area contributed by atoms with Gasteiger partial charge in [-0.3, -0.25) is 9.36 Å². The molecule has 3 heterocycles. The van der Waals surface area contributed by atoms with Crippen LogP contribution in [-0.2, 0) is 12.3 Å². The minimum absolute atomic E-state index is 0.00515. The fraction of sp³-hybridized carbons (Fsp3) is 0.176. The van der Waals surface area contributed by atoms with E-state index in [1.165, 1.54) is 23.1 Å². The molecule has 26 heavy (non-hydrogen) atoms. The Morgan fingerprint density at radius 2 is 2.12 bits per heavy atom. The molecule has 132 valence electrons. The van der Waals surface area contributed by atoms with Gasteiger partial charge in [0.2, 0.25) is 11.8 Å². The van der Waals surface area contributed by atoms with Gasteiger partial charge < -0.3 is 4.42 Å². The van der Waals surface area contributed by atoms with Gasteiger partial charge >= 0.3 is 0 Å². The fourth-order valence-corrected chi connectivity index (χ4v) is 4.63. The average molecular weight is 449 g/mol. The topological polar surface area (TPSA) is 73.8 Å². The predicted octanol–water partition coefficient (Wildman–Crippen LogP) is 4.58. The Morgan fingerprint density at radius 3 is 2.92 bits per heavy atom. The molecular weight excluding hydrogens is 436 g/mol. The zero-order chi connectivity index (χ0) is 18.1. The Labute approximate surface area is 165 Å². The Bertz CT molecular complexity index is 1140. The quantitative estimate of drug-likeness (QED) is 0.328. The molecule has 0 saturated carbocycles. The first-order valence-electron chi connectivity index (χ1n) is 7.85. The van der Waals surface area contributed by atoms with Gasteiger partial charge in [0.25, 0.3) is 5.56 Å². The van der Waals surface area contributed by atoms with Crippen molar-refractivity contribution in [3.63, 3.8) is 0 Å². The first-order valence-corrected chi connectivity index (χ1v) is 10.5. The zero-order valence-electron chi connectivity index (χ0n) is 13.7. The molecule has 3 aromatic heterocycles. The van der Waals surface area contributed by atoms with Crippen molar-refractivity contribution in [2.75, 3.05) is 0 Å². The van der Waals surface area contributed by atoms with Crippen LogP contribution in [0.15, 0.2) is 54.6 Å². The summed E-state index contributed by atoms with van der Waals surface area (Å²) in [5.74, 6) is 1.39. The first-order chi connectivity index (χ1) is 12.7. The lowest BCUT2D eigenvalue weighted by atomic mass is 10.2. The van der Waals surface area contributed by atoms with Crippen LogP contribution in [0.1, 0.15) is 12.8 Å². The number of nitrogens with zero attached hydrogens (tertiary/aromatic N) is 4. The third-order valence-electron chi connectivity index (χ3n) is 3.74. The van der Waals surface area contributed by atoms with E-state index in [-0.39, 0.29) is 5.56 Å².